The molecule has 5 heterocycles. The van der Waals surface area contributed by atoms with Crippen molar-refractivity contribution in [1.82, 2.24) is 29.0 Å². The average Bonchev–Trinajstić information content (AvgIpc) is 3.36. The molecule has 2 saturated carbocycles. The monoisotopic (exact) mass is 593 g/mol. The molecule has 1 aliphatic heterocycles. The number of likely N-dealkylation sites (tertiary alicyclic amines) is 1. The SMILES string of the molecule is COC(=O)c1ccc(-c2ccc3cc(-c4nc5cc(C(=O)N6CC7CCC6[C@@H]7N)cc(OC)c5n4C)n(CC4CC4)c3n2)[nH]1. The van der Waals surface area contributed by atoms with E-state index in [-0.39, 0.29) is 18.0 Å². The smallest absolute Gasteiger partial charge is 0.354 e. The highest BCUT2D eigenvalue weighted by molar-refractivity contribution is 6.00. The minimum absolute atomic E-state index is 0.0145. The number of pyridine rings is 1. The highest BCUT2D eigenvalue weighted by Gasteiger charge is 2.47. The molecule has 5 aromatic rings. The van der Waals surface area contributed by atoms with Gasteiger partial charge in [-0.3, -0.25) is 4.79 Å². The molecule has 44 heavy (non-hydrogen) atoms. The molecule has 2 aliphatic carbocycles. The summed E-state index contributed by atoms with van der Waals surface area (Å²) < 4.78 is 15.0. The second-order valence-electron chi connectivity index (χ2n) is 12.5. The predicted octanol–water partition coefficient (Wildman–Crippen LogP) is 4.35. The van der Waals surface area contributed by atoms with Crippen molar-refractivity contribution >= 4 is 33.9 Å². The maximum atomic E-state index is 13.7. The molecular formula is C33H35N7O4. The first-order valence-corrected chi connectivity index (χ1v) is 15.2. The lowest BCUT2D eigenvalue weighted by Crippen LogP contribution is -2.41. The molecular weight excluding hydrogens is 558 g/mol. The zero-order valence-electron chi connectivity index (χ0n) is 25.0. The van der Waals surface area contributed by atoms with Crippen LogP contribution in [0.1, 0.15) is 46.5 Å². The number of carbonyl (C=O) groups is 2. The Bertz CT molecular complexity index is 1970. The second kappa shape index (κ2) is 9.95. The van der Waals surface area contributed by atoms with Crippen molar-refractivity contribution in [1.29, 1.82) is 0 Å². The summed E-state index contributed by atoms with van der Waals surface area (Å²) in [6.45, 7) is 1.54. The van der Waals surface area contributed by atoms with E-state index in [1.807, 2.05) is 40.8 Å². The molecule has 11 heteroatoms. The molecule has 3 N–H and O–H groups in total. The Hall–Kier alpha value is -4.64. The molecule has 1 amide bonds. The quantitative estimate of drug-likeness (QED) is 0.268. The largest absolute Gasteiger partial charge is 0.494 e. The summed E-state index contributed by atoms with van der Waals surface area (Å²) >= 11 is 0. The van der Waals surface area contributed by atoms with Crippen LogP contribution < -0.4 is 10.5 Å². The lowest BCUT2D eigenvalue weighted by molar-refractivity contribution is 0.0594. The maximum Gasteiger partial charge on any atom is 0.354 e. The number of carbonyl (C=O) groups excluding carboxylic acids is 2. The van der Waals surface area contributed by atoms with E-state index < -0.39 is 5.97 Å². The van der Waals surface area contributed by atoms with Gasteiger partial charge < -0.3 is 34.2 Å². The Morgan fingerprint density at radius 3 is 2.59 bits per heavy atom. The van der Waals surface area contributed by atoms with Crippen molar-refractivity contribution in [2.45, 2.75) is 44.3 Å². The number of benzene rings is 1. The number of ether oxygens (including phenoxy) is 2. The first-order valence-electron chi connectivity index (χ1n) is 15.2. The highest BCUT2D eigenvalue weighted by Crippen LogP contribution is 2.40. The van der Waals surface area contributed by atoms with E-state index in [1.165, 1.54) is 20.0 Å². The van der Waals surface area contributed by atoms with Crippen LogP contribution in [0.4, 0.5) is 0 Å². The van der Waals surface area contributed by atoms with Crippen molar-refractivity contribution in [3.05, 3.63) is 53.7 Å². The molecule has 8 rings (SSSR count). The predicted molar refractivity (Wildman–Crippen MR) is 165 cm³/mol. The third kappa shape index (κ3) is 4.13. The third-order valence-corrected chi connectivity index (χ3v) is 9.79. The van der Waals surface area contributed by atoms with Crippen LogP contribution in [0.2, 0.25) is 0 Å². The number of fused-ring (bicyclic) bond motifs is 4. The number of H-pyrrole nitrogens is 1. The second-order valence-corrected chi connectivity index (χ2v) is 12.5. The third-order valence-electron chi connectivity index (χ3n) is 9.79. The Balaban J connectivity index is 1.22. The molecule has 1 aromatic carbocycles. The van der Waals surface area contributed by atoms with Gasteiger partial charge in [-0.05, 0) is 80.0 Å². The lowest BCUT2D eigenvalue weighted by atomic mass is 10.1. The van der Waals surface area contributed by atoms with Gasteiger partial charge in [0.05, 0.1) is 36.8 Å². The fourth-order valence-electron chi connectivity index (χ4n) is 7.25. The first-order chi connectivity index (χ1) is 21.3. The number of esters is 1. The molecule has 11 nitrogen and oxygen atoms in total. The fraction of sp³-hybridized carbons (Fsp3) is 0.394. The Kier molecular flexibility index (Phi) is 6.09. The topological polar surface area (TPSA) is 133 Å². The average molecular weight is 594 g/mol. The number of piperidine rings is 1. The number of rotatable bonds is 7. The Morgan fingerprint density at radius 1 is 1.05 bits per heavy atom. The lowest BCUT2D eigenvalue weighted by Gasteiger charge is -2.27. The van der Waals surface area contributed by atoms with Crippen molar-refractivity contribution in [3.63, 3.8) is 0 Å². The number of nitrogens with two attached hydrogens (primary N) is 1. The number of aromatic nitrogens is 5. The Labute approximate surface area is 254 Å². The number of hydrogen-bond acceptors (Lipinski definition) is 7. The van der Waals surface area contributed by atoms with E-state index in [9.17, 15) is 9.59 Å². The Morgan fingerprint density at radius 2 is 1.89 bits per heavy atom. The van der Waals surface area contributed by atoms with Gasteiger partial charge in [0.15, 0.2) is 5.82 Å². The van der Waals surface area contributed by atoms with E-state index >= 15 is 0 Å². The van der Waals surface area contributed by atoms with Crippen LogP contribution in [0.5, 0.6) is 5.75 Å². The standard InChI is InChI=1S/C33H35N7O4/c1-38-29-24(12-20(14-27(29)43-2)32(41)40-16-19-7-11-25(40)28(19)34)37-31(38)26-13-18-6-8-22(21-9-10-23(35-21)33(42)44-3)36-30(18)39(26)15-17-4-5-17/h6,8-10,12-14,17,19,25,28,35H,4-5,7,11,15-16,34H2,1-3H3/t19?,25?,28-/m1/s1. The zero-order chi connectivity index (χ0) is 30.3. The fourth-order valence-corrected chi connectivity index (χ4v) is 7.25. The summed E-state index contributed by atoms with van der Waals surface area (Å²) in [6, 6.07) is 13.6. The van der Waals surface area contributed by atoms with Crippen LogP contribution in [0.15, 0.2) is 42.5 Å². The van der Waals surface area contributed by atoms with Gasteiger partial charge in [-0.15, -0.1) is 0 Å². The summed E-state index contributed by atoms with van der Waals surface area (Å²) in [5, 5.41) is 1.000. The van der Waals surface area contributed by atoms with E-state index in [2.05, 4.69) is 21.7 Å². The van der Waals surface area contributed by atoms with E-state index in [0.29, 0.717) is 40.9 Å². The number of aromatic amines is 1. The zero-order valence-corrected chi connectivity index (χ0v) is 25.0. The number of imidazole rings is 1. The molecule has 0 spiro atoms. The molecule has 1 saturated heterocycles. The number of amides is 1. The molecule has 4 aromatic heterocycles. The number of methoxy groups -OCH3 is 2. The van der Waals surface area contributed by atoms with Crippen LogP contribution in [0.25, 0.3) is 45.0 Å². The first kappa shape index (κ1) is 26.9. The van der Waals surface area contributed by atoms with Gasteiger partial charge in [0.1, 0.15) is 22.6 Å². The summed E-state index contributed by atoms with van der Waals surface area (Å²) in [6.07, 6.45) is 4.41. The van der Waals surface area contributed by atoms with Gasteiger partial charge in [-0.2, -0.15) is 0 Å². The molecule has 3 aliphatic rings. The van der Waals surface area contributed by atoms with Gasteiger partial charge in [-0.1, -0.05) is 0 Å². The van der Waals surface area contributed by atoms with Crippen LogP contribution in [0.3, 0.4) is 0 Å². The minimum Gasteiger partial charge on any atom is -0.494 e. The van der Waals surface area contributed by atoms with Gasteiger partial charge in [0.2, 0.25) is 0 Å². The molecule has 2 bridgehead atoms. The van der Waals surface area contributed by atoms with E-state index in [4.69, 9.17) is 25.2 Å². The van der Waals surface area contributed by atoms with E-state index in [1.54, 1.807) is 13.2 Å². The summed E-state index contributed by atoms with van der Waals surface area (Å²) in [5.41, 5.74) is 12.2. The van der Waals surface area contributed by atoms with Gasteiger partial charge in [-0.25, -0.2) is 14.8 Å². The summed E-state index contributed by atoms with van der Waals surface area (Å²) in [7, 11) is 4.98. The number of nitrogens with zero attached hydrogens (tertiary/aromatic N) is 5. The van der Waals surface area contributed by atoms with Gasteiger partial charge in [0.25, 0.3) is 5.91 Å². The molecule has 226 valence electrons. The number of hydrogen-bond donors (Lipinski definition) is 2. The van der Waals surface area contributed by atoms with E-state index in [0.717, 1.165) is 58.8 Å². The highest BCUT2D eigenvalue weighted by atomic mass is 16.5. The number of nitrogens with one attached hydrogen (secondary N) is 1. The van der Waals surface area contributed by atoms with Gasteiger partial charge >= 0.3 is 5.97 Å². The van der Waals surface area contributed by atoms with Crippen molar-refractivity contribution in [2.75, 3.05) is 20.8 Å². The molecule has 2 unspecified atom stereocenters. The minimum atomic E-state index is -0.421. The van der Waals surface area contributed by atoms with Crippen LogP contribution >= 0.6 is 0 Å². The number of aryl methyl sites for hydroxylation is 1. The van der Waals surface area contributed by atoms with Crippen LogP contribution in [-0.2, 0) is 18.3 Å². The van der Waals surface area contributed by atoms with Gasteiger partial charge in [0, 0.05) is 43.2 Å². The maximum absolute atomic E-state index is 13.7. The normalized spacial score (nSPS) is 21.1. The summed E-state index contributed by atoms with van der Waals surface area (Å²) in [4.78, 5) is 40.9. The van der Waals surface area contributed by atoms with Crippen molar-refractivity contribution in [3.8, 4) is 28.7 Å². The van der Waals surface area contributed by atoms with Crippen LogP contribution in [-0.4, -0.2) is 73.7 Å². The van der Waals surface area contributed by atoms with Crippen LogP contribution in [0, 0.1) is 11.8 Å². The molecule has 3 atom stereocenters. The molecule has 0 radical (unpaired) electrons. The van der Waals surface area contributed by atoms with Crippen molar-refractivity contribution in [2.24, 2.45) is 24.6 Å². The van der Waals surface area contributed by atoms with Crippen molar-refractivity contribution < 1.29 is 19.1 Å². The summed E-state index contributed by atoms with van der Waals surface area (Å²) in [5.74, 6) is 1.92. The molecule has 3 fully saturated rings.